The third-order valence-corrected chi connectivity index (χ3v) is 7.08. The number of fused-ring (bicyclic) bond motifs is 1. The van der Waals surface area contributed by atoms with Gasteiger partial charge in [0.15, 0.2) is 17.3 Å². The van der Waals surface area contributed by atoms with Gasteiger partial charge < -0.3 is 5.32 Å². The van der Waals surface area contributed by atoms with E-state index in [4.69, 9.17) is 0 Å². The number of halogens is 2. The minimum absolute atomic E-state index is 0.120. The summed E-state index contributed by atoms with van der Waals surface area (Å²) in [6.07, 6.45) is 2.24. The second kappa shape index (κ2) is 9.63. The molecule has 0 unspecified atom stereocenters. The van der Waals surface area contributed by atoms with Crippen LogP contribution in [0.15, 0.2) is 42.5 Å². The zero-order valence-electron chi connectivity index (χ0n) is 18.9. The van der Waals surface area contributed by atoms with Crippen molar-refractivity contribution in [3.05, 3.63) is 82.2 Å². The Labute approximate surface area is 197 Å². The van der Waals surface area contributed by atoms with E-state index in [9.17, 15) is 22.0 Å². The van der Waals surface area contributed by atoms with Crippen LogP contribution in [0.5, 0.6) is 0 Å². The maximum atomic E-state index is 13.7. The van der Waals surface area contributed by atoms with Crippen molar-refractivity contribution in [2.24, 2.45) is 0 Å². The van der Waals surface area contributed by atoms with Gasteiger partial charge in [-0.1, -0.05) is 24.3 Å². The summed E-state index contributed by atoms with van der Waals surface area (Å²) in [5.74, 6) is -2.38. The number of hydrogen-bond donors (Lipinski definition) is 2. The van der Waals surface area contributed by atoms with Crippen LogP contribution in [0.4, 0.5) is 8.78 Å². The van der Waals surface area contributed by atoms with Crippen LogP contribution in [0, 0.1) is 11.6 Å². The first-order chi connectivity index (χ1) is 16.1. The Morgan fingerprint density at radius 1 is 1.06 bits per heavy atom. The average molecular weight is 489 g/mol. The molecule has 2 aromatic carbocycles. The van der Waals surface area contributed by atoms with Crippen molar-refractivity contribution < 1.29 is 22.0 Å². The highest BCUT2D eigenvalue weighted by Crippen LogP contribution is 2.28. The molecule has 1 amide bonds. The topological polar surface area (TPSA) is 93.1 Å². The van der Waals surface area contributed by atoms with E-state index in [1.165, 1.54) is 10.7 Å². The summed E-state index contributed by atoms with van der Waals surface area (Å²) in [6.45, 7) is 3.77. The molecule has 0 aliphatic heterocycles. The number of rotatable bonds is 8. The summed E-state index contributed by atoms with van der Waals surface area (Å²) >= 11 is 0. The van der Waals surface area contributed by atoms with E-state index in [2.05, 4.69) is 15.1 Å². The molecule has 4 rings (SSSR count). The van der Waals surface area contributed by atoms with Gasteiger partial charge in [-0.15, -0.1) is 0 Å². The van der Waals surface area contributed by atoms with Crippen molar-refractivity contribution in [3.63, 3.8) is 0 Å². The molecule has 10 heteroatoms. The maximum absolute atomic E-state index is 13.7. The Hall–Kier alpha value is -3.11. The third-order valence-electron chi connectivity index (χ3n) is 5.54. The van der Waals surface area contributed by atoms with Crippen LogP contribution in [-0.2, 0) is 35.2 Å². The van der Waals surface area contributed by atoms with E-state index in [1.54, 1.807) is 38.1 Å². The van der Waals surface area contributed by atoms with Crippen molar-refractivity contribution in [2.75, 3.05) is 0 Å². The highest BCUT2D eigenvalue weighted by Gasteiger charge is 2.27. The highest BCUT2D eigenvalue weighted by molar-refractivity contribution is 7.88. The predicted octanol–water partition coefficient (Wildman–Crippen LogP) is 3.40. The van der Waals surface area contributed by atoms with Crippen LogP contribution >= 0.6 is 0 Å². The van der Waals surface area contributed by atoms with Crippen LogP contribution in [0.25, 0.3) is 5.69 Å². The molecular weight excluding hydrogens is 462 g/mol. The molecule has 1 aliphatic rings. The number of aromatic nitrogens is 2. The number of sulfonamides is 1. The summed E-state index contributed by atoms with van der Waals surface area (Å²) in [4.78, 5) is 12.9. The molecule has 1 aromatic heterocycles. The SMILES string of the molecule is CC(C)NS(=O)(=O)Cc1ccc(CNC(=O)c2nn(-c3ccc(F)c(F)c3)c3c2CCC3)cc1. The molecule has 0 saturated carbocycles. The van der Waals surface area contributed by atoms with Gasteiger partial charge in [0.25, 0.3) is 5.91 Å². The van der Waals surface area contributed by atoms with E-state index in [0.29, 0.717) is 24.1 Å². The fourth-order valence-electron chi connectivity index (χ4n) is 4.09. The number of hydrogen-bond acceptors (Lipinski definition) is 4. The van der Waals surface area contributed by atoms with Crippen LogP contribution in [0.1, 0.15) is 53.1 Å². The molecule has 1 heterocycles. The van der Waals surface area contributed by atoms with Gasteiger partial charge in [0.1, 0.15) is 0 Å². The molecule has 0 bridgehead atoms. The summed E-state index contributed by atoms with van der Waals surface area (Å²) < 4.78 is 55.3. The van der Waals surface area contributed by atoms with Gasteiger partial charge in [0.05, 0.1) is 11.4 Å². The van der Waals surface area contributed by atoms with E-state index in [1.807, 2.05) is 0 Å². The maximum Gasteiger partial charge on any atom is 0.272 e. The van der Waals surface area contributed by atoms with Gasteiger partial charge in [0, 0.05) is 29.9 Å². The van der Waals surface area contributed by atoms with Crippen LogP contribution in [0.3, 0.4) is 0 Å². The summed E-state index contributed by atoms with van der Waals surface area (Å²) in [5, 5.41) is 7.25. The lowest BCUT2D eigenvalue weighted by Gasteiger charge is -2.10. The average Bonchev–Trinajstić information content (AvgIpc) is 3.37. The smallest absolute Gasteiger partial charge is 0.272 e. The van der Waals surface area contributed by atoms with E-state index < -0.39 is 21.7 Å². The van der Waals surface area contributed by atoms with E-state index >= 15 is 0 Å². The first-order valence-corrected chi connectivity index (χ1v) is 12.7. The first kappa shape index (κ1) is 24.0. The Morgan fingerprint density at radius 2 is 1.76 bits per heavy atom. The van der Waals surface area contributed by atoms with Crippen molar-refractivity contribution in [1.29, 1.82) is 0 Å². The Kier molecular flexibility index (Phi) is 6.81. The molecule has 0 saturated heterocycles. The lowest BCUT2D eigenvalue weighted by molar-refractivity contribution is 0.0944. The van der Waals surface area contributed by atoms with Crippen molar-refractivity contribution in [2.45, 2.75) is 51.4 Å². The Balaban J connectivity index is 1.45. The number of nitrogens with one attached hydrogen (secondary N) is 2. The summed E-state index contributed by atoms with van der Waals surface area (Å²) in [7, 11) is -3.41. The molecule has 1 aliphatic carbocycles. The van der Waals surface area contributed by atoms with Crippen LogP contribution < -0.4 is 10.0 Å². The zero-order valence-corrected chi connectivity index (χ0v) is 19.8. The number of amides is 1. The molecule has 34 heavy (non-hydrogen) atoms. The first-order valence-electron chi connectivity index (χ1n) is 11.0. The standard InChI is InChI=1S/C24H26F2N4O3S/c1-15(2)29-34(32,33)14-17-8-6-16(7-9-17)13-27-24(31)23-19-4-3-5-22(19)30(28-23)18-10-11-20(25)21(26)12-18/h6-12,15,29H,3-5,13-14H2,1-2H3,(H,27,31). The molecule has 0 radical (unpaired) electrons. The molecular formula is C24H26F2N4O3S. The van der Waals surface area contributed by atoms with E-state index in [-0.39, 0.29) is 29.9 Å². The van der Waals surface area contributed by atoms with Crippen molar-refractivity contribution >= 4 is 15.9 Å². The number of carbonyl (C=O) groups excluding carboxylic acids is 1. The lowest BCUT2D eigenvalue weighted by atomic mass is 10.1. The Morgan fingerprint density at radius 3 is 2.44 bits per heavy atom. The normalized spacial score (nSPS) is 13.3. The number of nitrogens with zero attached hydrogens (tertiary/aromatic N) is 2. The van der Waals surface area contributed by atoms with Crippen molar-refractivity contribution in [3.8, 4) is 5.69 Å². The molecule has 0 spiro atoms. The Bertz CT molecular complexity index is 1320. The van der Waals surface area contributed by atoms with Gasteiger partial charge in [-0.2, -0.15) is 5.10 Å². The minimum atomic E-state index is -3.41. The second-order valence-electron chi connectivity index (χ2n) is 8.67. The fourth-order valence-corrected chi connectivity index (χ4v) is 5.52. The van der Waals surface area contributed by atoms with Crippen molar-refractivity contribution in [1.82, 2.24) is 19.8 Å². The fraction of sp³-hybridized carbons (Fsp3) is 0.333. The van der Waals surface area contributed by atoms with E-state index in [0.717, 1.165) is 35.4 Å². The summed E-state index contributed by atoms with van der Waals surface area (Å²) in [5.41, 5.74) is 3.75. The molecule has 0 atom stereocenters. The van der Waals surface area contributed by atoms with Gasteiger partial charge in [-0.3, -0.25) is 4.79 Å². The van der Waals surface area contributed by atoms with Crippen LogP contribution in [-0.4, -0.2) is 30.1 Å². The zero-order chi connectivity index (χ0) is 24.5. The molecule has 180 valence electrons. The van der Waals surface area contributed by atoms with Gasteiger partial charge in [0.2, 0.25) is 10.0 Å². The highest BCUT2D eigenvalue weighted by atomic mass is 32.2. The molecule has 2 N–H and O–H groups in total. The van der Waals surface area contributed by atoms with Gasteiger partial charge in [-0.05, 0) is 56.4 Å². The molecule has 0 fully saturated rings. The second-order valence-corrected chi connectivity index (χ2v) is 10.4. The summed E-state index contributed by atoms with van der Waals surface area (Å²) in [6, 6.07) is 10.3. The number of carbonyl (C=O) groups is 1. The lowest BCUT2D eigenvalue weighted by Crippen LogP contribution is -2.31. The molecule has 7 nitrogen and oxygen atoms in total. The number of benzene rings is 2. The van der Waals surface area contributed by atoms with Gasteiger partial charge in [-0.25, -0.2) is 26.6 Å². The molecule has 3 aromatic rings. The van der Waals surface area contributed by atoms with Crippen LogP contribution in [0.2, 0.25) is 0 Å². The predicted molar refractivity (Wildman–Crippen MR) is 124 cm³/mol. The monoisotopic (exact) mass is 488 g/mol. The van der Waals surface area contributed by atoms with Gasteiger partial charge >= 0.3 is 0 Å². The minimum Gasteiger partial charge on any atom is -0.347 e. The largest absolute Gasteiger partial charge is 0.347 e. The quantitative estimate of drug-likeness (QED) is 0.508. The third kappa shape index (κ3) is 5.34.